The largest absolute Gasteiger partial charge is 0.496 e. The van der Waals surface area contributed by atoms with E-state index in [1.54, 1.807) is 25.3 Å². The summed E-state index contributed by atoms with van der Waals surface area (Å²) in [6.07, 6.45) is 2.50. The van der Waals surface area contributed by atoms with Gasteiger partial charge in [0.15, 0.2) is 5.78 Å². The van der Waals surface area contributed by atoms with E-state index in [1.165, 1.54) is 6.92 Å². The number of carbonyl (C=O) groups excluding carboxylic acids is 2. The van der Waals surface area contributed by atoms with Crippen molar-refractivity contribution in [2.75, 3.05) is 13.7 Å². The minimum absolute atomic E-state index is 0.0323. The maximum absolute atomic E-state index is 12.0. The van der Waals surface area contributed by atoms with Crippen LogP contribution in [0.15, 0.2) is 18.2 Å². The molecule has 5 heteroatoms. The lowest BCUT2D eigenvalue weighted by Gasteiger charge is -2.13. The quantitative estimate of drug-likeness (QED) is 0.742. The average molecular weight is 290 g/mol. The highest BCUT2D eigenvalue weighted by atomic mass is 16.5. The first-order valence-electron chi connectivity index (χ1n) is 7.21. The van der Waals surface area contributed by atoms with E-state index in [1.807, 2.05) is 0 Å². The van der Waals surface area contributed by atoms with E-state index in [0.717, 1.165) is 12.8 Å². The Kier molecular flexibility index (Phi) is 4.96. The van der Waals surface area contributed by atoms with Gasteiger partial charge in [-0.05, 0) is 43.9 Å². The van der Waals surface area contributed by atoms with E-state index in [2.05, 4.69) is 5.32 Å². The number of nitrogens with one attached hydrogen (secondary N) is 1. The van der Waals surface area contributed by atoms with Crippen LogP contribution in [0.3, 0.4) is 0 Å². The number of Topliss-reactive ketones (excluding diaryl/α,β-unsaturated/α-hetero) is 1. The van der Waals surface area contributed by atoms with Crippen LogP contribution >= 0.6 is 0 Å². The lowest BCUT2D eigenvalue weighted by Crippen LogP contribution is -2.39. The zero-order chi connectivity index (χ0) is 15.4. The molecule has 0 aromatic heterocycles. The molecule has 1 amide bonds. The van der Waals surface area contributed by atoms with Gasteiger partial charge in [-0.15, -0.1) is 0 Å². The number of ketones is 1. The van der Waals surface area contributed by atoms with Gasteiger partial charge in [0.25, 0.3) is 0 Å². The zero-order valence-corrected chi connectivity index (χ0v) is 12.5. The van der Waals surface area contributed by atoms with Gasteiger partial charge in [0.2, 0.25) is 5.91 Å². The van der Waals surface area contributed by atoms with Crippen LogP contribution in [0.5, 0.6) is 5.75 Å². The first-order chi connectivity index (χ1) is 10.0. The summed E-state index contributed by atoms with van der Waals surface area (Å²) in [5, 5.41) is 2.85. The fraction of sp³-hybridized carbons (Fsp3) is 0.500. The molecule has 0 saturated heterocycles. The number of benzene rings is 1. The molecule has 5 nitrogen and oxygen atoms in total. The molecule has 1 saturated carbocycles. The van der Waals surface area contributed by atoms with Gasteiger partial charge in [-0.2, -0.15) is 0 Å². The predicted molar refractivity (Wildman–Crippen MR) is 80.4 cm³/mol. The number of ether oxygens (including phenoxy) is 1. The van der Waals surface area contributed by atoms with Crippen molar-refractivity contribution in [1.29, 1.82) is 0 Å². The molecule has 1 atom stereocenters. The van der Waals surface area contributed by atoms with Gasteiger partial charge >= 0.3 is 0 Å². The summed E-state index contributed by atoms with van der Waals surface area (Å²) in [5.41, 5.74) is 7.24. The van der Waals surface area contributed by atoms with Crippen molar-refractivity contribution in [1.82, 2.24) is 5.32 Å². The topological polar surface area (TPSA) is 81.4 Å². The van der Waals surface area contributed by atoms with E-state index in [0.29, 0.717) is 29.3 Å². The number of rotatable bonds is 7. The predicted octanol–water partition coefficient (Wildman–Crippen LogP) is 1.29. The average Bonchev–Trinajstić information content (AvgIpc) is 3.29. The fourth-order valence-electron chi connectivity index (χ4n) is 2.29. The van der Waals surface area contributed by atoms with Gasteiger partial charge in [0.1, 0.15) is 5.75 Å². The SMILES string of the molecule is COc1ccc(C(C)=O)cc1CC(=O)NCC(N)C1CC1. The highest BCUT2D eigenvalue weighted by Gasteiger charge is 2.28. The second-order valence-electron chi connectivity index (χ2n) is 5.56. The van der Waals surface area contributed by atoms with Gasteiger partial charge in [0.05, 0.1) is 13.5 Å². The van der Waals surface area contributed by atoms with Crippen LogP contribution in [-0.4, -0.2) is 31.4 Å². The van der Waals surface area contributed by atoms with Gasteiger partial charge in [-0.1, -0.05) is 0 Å². The molecular formula is C16H22N2O3. The normalized spacial score (nSPS) is 15.4. The van der Waals surface area contributed by atoms with Crippen molar-refractivity contribution >= 4 is 11.7 Å². The van der Waals surface area contributed by atoms with Crippen LogP contribution in [0, 0.1) is 5.92 Å². The van der Waals surface area contributed by atoms with Crippen LogP contribution < -0.4 is 15.8 Å². The fourth-order valence-corrected chi connectivity index (χ4v) is 2.29. The van der Waals surface area contributed by atoms with Crippen LogP contribution in [0.1, 0.15) is 35.7 Å². The van der Waals surface area contributed by atoms with Crippen LogP contribution in [-0.2, 0) is 11.2 Å². The van der Waals surface area contributed by atoms with Gasteiger partial charge in [-0.25, -0.2) is 0 Å². The molecule has 0 spiro atoms. The lowest BCUT2D eigenvalue weighted by molar-refractivity contribution is -0.120. The number of carbonyl (C=O) groups is 2. The number of amides is 1. The number of hydrogen-bond acceptors (Lipinski definition) is 4. The Labute approximate surface area is 124 Å². The van der Waals surface area contributed by atoms with Crippen molar-refractivity contribution in [2.45, 2.75) is 32.2 Å². The molecule has 1 aliphatic carbocycles. The Balaban J connectivity index is 1.97. The summed E-state index contributed by atoms with van der Waals surface area (Å²) >= 11 is 0. The molecule has 0 aliphatic heterocycles. The molecule has 0 radical (unpaired) electrons. The van der Waals surface area contributed by atoms with Gasteiger partial charge in [-0.3, -0.25) is 9.59 Å². The van der Waals surface area contributed by atoms with Crippen molar-refractivity contribution in [3.8, 4) is 5.75 Å². The Morgan fingerprint density at radius 1 is 1.43 bits per heavy atom. The van der Waals surface area contributed by atoms with Crippen molar-refractivity contribution in [3.63, 3.8) is 0 Å². The molecule has 1 aliphatic rings. The van der Waals surface area contributed by atoms with Crippen LogP contribution in [0.2, 0.25) is 0 Å². The minimum Gasteiger partial charge on any atom is -0.496 e. The highest BCUT2D eigenvalue weighted by Crippen LogP contribution is 2.31. The Bertz CT molecular complexity index is 538. The maximum Gasteiger partial charge on any atom is 0.224 e. The minimum atomic E-state index is -0.106. The summed E-state index contributed by atoms with van der Waals surface area (Å²) in [4.78, 5) is 23.4. The highest BCUT2D eigenvalue weighted by molar-refractivity contribution is 5.94. The lowest BCUT2D eigenvalue weighted by atomic mass is 10.0. The Morgan fingerprint density at radius 2 is 2.14 bits per heavy atom. The standard InChI is InChI=1S/C16H22N2O3/c1-10(19)12-5-6-15(21-2)13(7-12)8-16(20)18-9-14(17)11-3-4-11/h5-7,11,14H,3-4,8-9,17H2,1-2H3,(H,18,20). The van der Waals surface area contributed by atoms with E-state index >= 15 is 0 Å². The summed E-state index contributed by atoms with van der Waals surface area (Å²) in [6.45, 7) is 2.00. The summed E-state index contributed by atoms with van der Waals surface area (Å²) in [7, 11) is 1.55. The number of methoxy groups -OCH3 is 1. The van der Waals surface area contributed by atoms with E-state index in [-0.39, 0.29) is 24.2 Å². The van der Waals surface area contributed by atoms with Crippen LogP contribution in [0.4, 0.5) is 0 Å². The number of nitrogens with two attached hydrogens (primary N) is 1. The van der Waals surface area contributed by atoms with E-state index < -0.39 is 0 Å². The summed E-state index contributed by atoms with van der Waals surface area (Å²) in [5.74, 6) is 1.03. The smallest absolute Gasteiger partial charge is 0.224 e. The molecule has 3 N–H and O–H groups in total. The Morgan fingerprint density at radius 3 is 2.71 bits per heavy atom. The van der Waals surface area contributed by atoms with Gasteiger partial charge in [0, 0.05) is 23.7 Å². The summed E-state index contributed by atoms with van der Waals surface area (Å²) < 4.78 is 5.24. The van der Waals surface area contributed by atoms with Crippen molar-refractivity contribution in [3.05, 3.63) is 29.3 Å². The second kappa shape index (κ2) is 6.72. The molecule has 2 rings (SSSR count). The van der Waals surface area contributed by atoms with Crippen molar-refractivity contribution in [2.24, 2.45) is 11.7 Å². The van der Waals surface area contributed by atoms with Crippen molar-refractivity contribution < 1.29 is 14.3 Å². The molecular weight excluding hydrogens is 268 g/mol. The monoisotopic (exact) mass is 290 g/mol. The summed E-state index contributed by atoms with van der Waals surface area (Å²) in [6, 6.07) is 5.17. The third-order valence-corrected chi connectivity index (χ3v) is 3.80. The molecule has 114 valence electrons. The second-order valence-corrected chi connectivity index (χ2v) is 5.56. The third kappa shape index (κ3) is 4.29. The molecule has 1 unspecified atom stereocenters. The molecule has 21 heavy (non-hydrogen) atoms. The third-order valence-electron chi connectivity index (χ3n) is 3.80. The molecule has 0 heterocycles. The van der Waals surface area contributed by atoms with Gasteiger partial charge < -0.3 is 15.8 Å². The van der Waals surface area contributed by atoms with Crippen LogP contribution in [0.25, 0.3) is 0 Å². The molecule has 1 aromatic rings. The zero-order valence-electron chi connectivity index (χ0n) is 12.5. The molecule has 0 bridgehead atoms. The van der Waals surface area contributed by atoms with E-state index in [9.17, 15) is 9.59 Å². The first-order valence-corrected chi connectivity index (χ1v) is 7.21. The molecule has 1 fully saturated rings. The molecule has 1 aromatic carbocycles. The van der Waals surface area contributed by atoms with E-state index in [4.69, 9.17) is 10.5 Å². The Hall–Kier alpha value is -1.88. The first kappa shape index (κ1) is 15.5. The maximum atomic E-state index is 12.0. The number of hydrogen-bond donors (Lipinski definition) is 2.